The van der Waals surface area contributed by atoms with Crippen LogP contribution in [0.25, 0.3) is 0 Å². The number of phenols is 1. The number of nitrogens with zero attached hydrogens (tertiary/aromatic N) is 1. The van der Waals surface area contributed by atoms with Gasteiger partial charge in [-0.15, -0.1) is 0 Å². The van der Waals surface area contributed by atoms with Crippen LogP contribution in [0, 0.1) is 5.92 Å². The number of phenolic OH excluding ortho intramolecular Hbond substituents is 1. The highest BCUT2D eigenvalue weighted by Gasteiger charge is 2.54. The Morgan fingerprint density at radius 2 is 2.23 bits per heavy atom. The maximum atomic E-state index is 12.2. The zero-order chi connectivity index (χ0) is 15.5. The highest BCUT2D eigenvalue weighted by Crippen LogP contribution is 2.56. The number of methoxy groups -OCH3 is 1. The molecule has 1 heterocycles. The van der Waals surface area contributed by atoms with Gasteiger partial charge in [0.15, 0.2) is 17.3 Å². The summed E-state index contributed by atoms with van der Waals surface area (Å²) in [5.41, 5.74) is 1.85. The van der Waals surface area contributed by atoms with Gasteiger partial charge >= 0.3 is 0 Å². The zero-order valence-corrected chi connectivity index (χ0v) is 13.0. The normalized spacial score (nSPS) is 33.3. The maximum Gasteiger partial charge on any atom is 0.161 e. The van der Waals surface area contributed by atoms with E-state index in [1.54, 1.807) is 13.2 Å². The molecule has 0 amide bonds. The van der Waals surface area contributed by atoms with E-state index in [1.165, 1.54) is 0 Å². The fourth-order valence-corrected chi connectivity index (χ4v) is 4.84. The van der Waals surface area contributed by atoms with E-state index < -0.39 is 0 Å². The molecule has 3 aliphatic rings. The Labute approximate surface area is 130 Å². The van der Waals surface area contributed by atoms with E-state index in [0.717, 1.165) is 30.5 Å². The first kappa shape index (κ1) is 13.8. The van der Waals surface area contributed by atoms with Crippen LogP contribution in [0.15, 0.2) is 24.3 Å². The minimum Gasteiger partial charge on any atom is -0.504 e. The minimum absolute atomic E-state index is 0.162. The number of hydrogen-bond donors (Lipinski definition) is 1. The first-order valence-corrected chi connectivity index (χ1v) is 7.87. The lowest BCUT2D eigenvalue weighted by Gasteiger charge is -2.56. The van der Waals surface area contributed by atoms with Crippen LogP contribution in [0.3, 0.4) is 0 Å². The number of likely N-dealkylation sites (N-methyl/N-ethyl adjacent to an activating group) is 1. The number of aromatic hydroxyl groups is 1. The molecule has 4 nitrogen and oxygen atoms in total. The van der Waals surface area contributed by atoms with Gasteiger partial charge in [0.1, 0.15) is 0 Å². The van der Waals surface area contributed by atoms with Crippen LogP contribution in [0.4, 0.5) is 0 Å². The molecule has 0 radical (unpaired) electrons. The number of piperidine rings is 1. The van der Waals surface area contributed by atoms with Crippen molar-refractivity contribution in [1.82, 2.24) is 4.90 Å². The van der Waals surface area contributed by atoms with Gasteiger partial charge in [-0.2, -0.15) is 0 Å². The fraction of sp³-hybridized carbons (Fsp3) is 0.500. The molecule has 0 saturated carbocycles. The minimum atomic E-state index is -0.269. The number of hydrogen-bond acceptors (Lipinski definition) is 4. The lowest BCUT2D eigenvalue weighted by molar-refractivity contribution is -0.118. The Kier molecular flexibility index (Phi) is 2.89. The van der Waals surface area contributed by atoms with Gasteiger partial charge in [-0.1, -0.05) is 12.1 Å². The highest BCUT2D eigenvalue weighted by atomic mass is 16.5. The highest BCUT2D eigenvalue weighted by molar-refractivity contribution is 5.92. The summed E-state index contributed by atoms with van der Waals surface area (Å²) in [5, 5.41) is 10.8. The predicted molar refractivity (Wildman–Crippen MR) is 83.3 cm³/mol. The van der Waals surface area contributed by atoms with Crippen molar-refractivity contribution in [2.75, 3.05) is 20.7 Å². The molecule has 1 aromatic rings. The van der Waals surface area contributed by atoms with E-state index in [1.807, 2.05) is 6.07 Å². The Hall–Kier alpha value is -1.81. The van der Waals surface area contributed by atoms with E-state index >= 15 is 0 Å². The quantitative estimate of drug-likeness (QED) is 0.862. The molecule has 1 fully saturated rings. The van der Waals surface area contributed by atoms with Gasteiger partial charge in [0.25, 0.3) is 0 Å². The summed E-state index contributed by atoms with van der Waals surface area (Å²) in [6, 6.07) is 4.29. The number of ether oxygens (including phenoxy) is 1. The molecule has 4 heteroatoms. The molecule has 116 valence electrons. The molecule has 0 aromatic heterocycles. The van der Waals surface area contributed by atoms with Crippen LogP contribution in [0.5, 0.6) is 11.5 Å². The van der Waals surface area contributed by atoms with E-state index in [9.17, 15) is 9.90 Å². The van der Waals surface area contributed by atoms with Crippen LogP contribution >= 0.6 is 0 Å². The third kappa shape index (κ3) is 1.64. The molecule has 1 aromatic carbocycles. The van der Waals surface area contributed by atoms with Crippen molar-refractivity contribution in [2.24, 2.45) is 5.92 Å². The van der Waals surface area contributed by atoms with Gasteiger partial charge in [0.2, 0.25) is 0 Å². The molecule has 1 N–H and O–H groups in total. The molecule has 0 spiro atoms. The summed E-state index contributed by atoms with van der Waals surface area (Å²) >= 11 is 0. The van der Waals surface area contributed by atoms with Gasteiger partial charge in [0.05, 0.1) is 7.11 Å². The lowest BCUT2D eigenvalue weighted by Crippen LogP contribution is -2.59. The van der Waals surface area contributed by atoms with Crippen molar-refractivity contribution in [3.8, 4) is 11.5 Å². The third-order valence-corrected chi connectivity index (χ3v) is 5.88. The van der Waals surface area contributed by atoms with Crippen LogP contribution in [-0.4, -0.2) is 42.5 Å². The van der Waals surface area contributed by atoms with E-state index in [4.69, 9.17) is 4.74 Å². The topological polar surface area (TPSA) is 49.8 Å². The fourth-order valence-electron chi connectivity index (χ4n) is 4.84. The number of likely N-dealkylation sites (tertiary alicyclic amines) is 1. The number of carbonyl (C=O) groups is 1. The number of carbonyl (C=O) groups excluding carboxylic acids is 1. The van der Waals surface area contributed by atoms with Crippen LogP contribution in [-0.2, 0) is 16.6 Å². The van der Waals surface area contributed by atoms with E-state index in [0.29, 0.717) is 18.2 Å². The second kappa shape index (κ2) is 4.59. The smallest absolute Gasteiger partial charge is 0.161 e. The van der Waals surface area contributed by atoms with E-state index in [2.05, 4.69) is 24.1 Å². The first-order valence-electron chi connectivity index (χ1n) is 7.87. The average Bonchev–Trinajstić information content (AvgIpc) is 2.50. The number of benzene rings is 1. The SMILES string of the molecule is COc1ccc2c(c1O)[C@]13CCN(C)[C@@H](C2)[C@H]1C=CC(=O)C3. The number of ketones is 1. The second-order valence-electron chi connectivity index (χ2n) is 6.84. The van der Waals surface area contributed by atoms with Crippen LogP contribution < -0.4 is 4.74 Å². The summed E-state index contributed by atoms with van der Waals surface area (Å²) in [4.78, 5) is 14.6. The van der Waals surface area contributed by atoms with Crippen molar-refractivity contribution in [3.63, 3.8) is 0 Å². The molecule has 2 bridgehead atoms. The molecular weight excluding hydrogens is 278 g/mol. The first-order chi connectivity index (χ1) is 10.6. The molecule has 2 aliphatic carbocycles. The van der Waals surface area contributed by atoms with Crippen molar-refractivity contribution >= 4 is 5.78 Å². The number of rotatable bonds is 1. The molecule has 0 unspecified atom stereocenters. The Bertz CT molecular complexity index is 681. The second-order valence-corrected chi connectivity index (χ2v) is 6.84. The number of fused-ring (bicyclic) bond motifs is 1. The van der Waals surface area contributed by atoms with E-state index in [-0.39, 0.29) is 22.9 Å². The molecule has 4 rings (SSSR count). The maximum absolute atomic E-state index is 12.2. The molecule has 1 aliphatic heterocycles. The third-order valence-electron chi connectivity index (χ3n) is 5.88. The van der Waals surface area contributed by atoms with Crippen molar-refractivity contribution in [3.05, 3.63) is 35.4 Å². The van der Waals surface area contributed by atoms with Crippen molar-refractivity contribution < 1.29 is 14.6 Å². The summed E-state index contributed by atoms with van der Waals surface area (Å²) < 4.78 is 5.31. The van der Waals surface area contributed by atoms with Crippen molar-refractivity contribution in [1.29, 1.82) is 0 Å². The van der Waals surface area contributed by atoms with Gasteiger partial charge in [-0.05, 0) is 44.1 Å². The largest absolute Gasteiger partial charge is 0.504 e. The van der Waals surface area contributed by atoms with Gasteiger partial charge in [0, 0.05) is 29.4 Å². The Morgan fingerprint density at radius 3 is 3.00 bits per heavy atom. The monoisotopic (exact) mass is 299 g/mol. The Morgan fingerprint density at radius 1 is 1.41 bits per heavy atom. The van der Waals surface area contributed by atoms with Gasteiger partial charge in [-0.25, -0.2) is 0 Å². The molecule has 1 saturated heterocycles. The zero-order valence-electron chi connectivity index (χ0n) is 13.0. The summed E-state index contributed by atoms with van der Waals surface area (Å²) in [7, 11) is 3.73. The van der Waals surface area contributed by atoms with Crippen LogP contribution in [0.2, 0.25) is 0 Å². The lowest BCUT2D eigenvalue weighted by atomic mass is 9.53. The van der Waals surface area contributed by atoms with Crippen LogP contribution in [0.1, 0.15) is 24.0 Å². The summed E-state index contributed by atoms with van der Waals surface area (Å²) in [5.74, 6) is 1.19. The van der Waals surface area contributed by atoms with Gasteiger partial charge < -0.3 is 14.7 Å². The summed E-state index contributed by atoms with van der Waals surface area (Å²) in [6.07, 6.45) is 6.11. The number of allylic oxidation sites excluding steroid dienone is 1. The molecule has 3 atom stereocenters. The standard InChI is InChI=1S/C18H21NO3/c1-19-8-7-18-10-12(20)4-5-13(18)14(19)9-11-3-6-15(22-2)17(21)16(11)18/h3-6,13-14,21H,7-10H2,1-2H3/t13-,14+,18+/m1/s1. The Balaban J connectivity index is 1.98. The average molecular weight is 299 g/mol. The van der Waals surface area contributed by atoms with Gasteiger partial charge in [-0.3, -0.25) is 4.79 Å². The van der Waals surface area contributed by atoms with Crippen molar-refractivity contribution in [2.45, 2.75) is 30.7 Å². The molecular formula is C18H21NO3. The predicted octanol–water partition coefficient (Wildman–Crippen LogP) is 2.04. The molecule has 22 heavy (non-hydrogen) atoms. The summed E-state index contributed by atoms with van der Waals surface area (Å²) in [6.45, 7) is 0.957.